The minimum absolute atomic E-state index is 0.511. The van der Waals surface area contributed by atoms with E-state index in [9.17, 15) is 0 Å². The van der Waals surface area contributed by atoms with E-state index in [1.165, 1.54) is 5.56 Å². The molecule has 0 amide bonds. The maximum Gasteiger partial charge on any atom is 0.131 e. The molecular weight excluding hydrogens is 236 g/mol. The standard InChI is InChI=1S/C15H14N4/c1-10-2-4-11(5-3-10)12-6-14(15(16)17-7-12)13-8-18-19-9-13/h2-9H,1H3,(H2,16,17)(H,18,19). The summed E-state index contributed by atoms with van der Waals surface area (Å²) < 4.78 is 0. The minimum atomic E-state index is 0.511. The highest BCUT2D eigenvalue weighted by Gasteiger charge is 2.07. The predicted molar refractivity (Wildman–Crippen MR) is 76.4 cm³/mol. The highest BCUT2D eigenvalue weighted by Crippen LogP contribution is 2.28. The second kappa shape index (κ2) is 4.57. The van der Waals surface area contributed by atoms with Crippen LogP contribution in [0.25, 0.3) is 22.3 Å². The lowest BCUT2D eigenvalue weighted by Gasteiger charge is -2.07. The zero-order chi connectivity index (χ0) is 13.2. The number of aromatic nitrogens is 3. The summed E-state index contributed by atoms with van der Waals surface area (Å²) in [6.07, 6.45) is 5.35. The van der Waals surface area contributed by atoms with Crippen molar-refractivity contribution in [2.24, 2.45) is 0 Å². The third-order valence-electron chi connectivity index (χ3n) is 3.11. The Morgan fingerprint density at radius 3 is 2.47 bits per heavy atom. The Labute approximate surface area is 111 Å². The van der Waals surface area contributed by atoms with E-state index >= 15 is 0 Å². The van der Waals surface area contributed by atoms with Crippen LogP contribution in [-0.2, 0) is 0 Å². The van der Waals surface area contributed by atoms with Crippen molar-refractivity contribution in [2.75, 3.05) is 5.73 Å². The average Bonchev–Trinajstić information content (AvgIpc) is 2.94. The van der Waals surface area contributed by atoms with E-state index in [0.717, 1.165) is 22.3 Å². The van der Waals surface area contributed by atoms with Crippen molar-refractivity contribution in [3.63, 3.8) is 0 Å². The summed E-state index contributed by atoms with van der Waals surface area (Å²) in [7, 11) is 0. The van der Waals surface area contributed by atoms with Gasteiger partial charge in [-0.05, 0) is 18.6 Å². The van der Waals surface area contributed by atoms with Crippen molar-refractivity contribution in [3.05, 3.63) is 54.5 Å². The topological polar surface area (TPSA) is 67.6 Å². The Hall–Kier alpha value is -2.62. The summed E-state index contributed by atoms with van der Waals surface area (Å²) in [5, 5.41) is 6.73. The van der Waals surface area contributed by atoms with Crippen molar-refractivity contribution < 1.29 is 0 Å². The molecule has 0 aliphatic carbocycles. The Kier molecular flexibility index (Phi) is 2.76. The van der Waals surface area contributed by atoms with Crippen LogP contribution in [0.4, 0.5) is 5.82 Å². The number of nitrogen functional groups attached to an aromatic ring is 1. The van der Waals surface area contributed by atoms with Crippen LogP contribution in [0.3, 0.4) is 0 Å². The zero-order valence-corrected chi connectivity index (χ0v) is 10.6. The summed E-state index contributed by atoms with van der Waals surface area (Å²) in [4.78, 5) is 4.27. The molecule has 94 valence electrons. The van der Waals surface area contributed by atoms with Crippen molar-refractivity contribution in [1.29, 1.82) is 0 Å². The molecule has 19 heavy (non-hydrogen) atoms. The fourth-order valence-corrected chi connectivity index (χ4v) is 2.01. The van der Waals surface area contributed by atoms with E-state index in [-0.39, 0.29) is 0 Å². The summed E-state index contributed by atoms with van der Waals surface area (Å²) in [6, 6.07) is 10.4. The number of rotatable bonds is 2. The molecule has 3 N–H and O–H groups in total. The summed E-state index contributed by atoms with van der Waals surface area (Å²) in [6.45, 7) is 2.07. The van der Waals surface area contributed by atoms with Gasteiger partial charge < -0.3 is 5.73 Å². The first-order valence-corrected chi connectivity index (χ1v) is 6.06. The normalized spacial score (nSPS) is 10.6. The van der Waals surface area contributed by atoms with Gasteiger partial charge in [0.15, 0.2) is 0 Å². The molecule has 4 heteroatoms. The Morgan fingerprint density at radius 1 is 1.00 bits per heavy atom. The number of aryl methyl sites for hydroxylation is 1. The molecule has 0 radical (unpaired) electrons. The van der Waals surface area contributed by atoms with Gasteiger partial charge in [0.25, 0.3) is 0 Å². The summed E-state index contributed by atoms with van der Waals surface area (Å²) in [5.74, 6) is 0.511. The fraction of sp³-hybridized carbons (Fsp3) is 0.0667. The van der Waals surface area contributed by atoms with Gasteiger partial charge in [0.2, 0.25) is 0 Å². The number of hydrogen-bond donors (Lipinski definition) is 2. The maximum absolute atomic E-state index is 5.93. The fourth-order valence-electron chi connectivity index (χ4n) is 2.01. The second-order valence-electron chi connectivity index (χ2n) is 4.51. The van der Waals surface area contributed by atoms with Crippen LogP contribution in [0.1, 0.15) is 5.56 Å². The lowest BCUT2D eigenvalue weighted by molar-refractivity contribution is 1.09. The van der Waals surface area contributed by atoms with E-state index < -0.39 is 0 Å². The molecule has 0 fully saturated rings. The molecule has 0 aliphatic rings. The number of nitrogens with zero attached hydrogens (tertiary/aromatic N) is 2. The van der Waals surface area contributed by atoms with Crippen molar-refractivity contribution in [1.82, 2.24) is 15.2 Å². The van der Waals surface area contributed by atoms with Crippen LogP contribution in [-0.4, -0.2) is 15.2 Å². The number of H-pyrrole nitrogens is 1. The molecule has 1 aromatic carbocycles. The Balaban J connectivity index is 2.09. The second-order valence-corrected chi connectivity index (χ2v) is 4.51. The molecule has 2 heterocycles. The van der Waals surface area contributed by atoms with Gasteiger partial charge in [0.05, 0.1) is 6.20 Å². The van der Waals surface area contributed by atoms with E-state index in [4.69, 9.17) is 5.73 Å². The third kappa shape index (κ3) is 2.20. The number of benzene rings is 1. The molecule has 0 unspecified atom stereocenters. The van der Waals surface area contributed by atoms with Gasteiger partial charge in [-0.1, -0.05) is 29.8 Å². The molecule has 0 spiro atoms. The number of hydrogen-bond acceptors (Lipinski definition) is 3. The molecule has 0 aliphatic heterocycles. The largest absolute Gasteiger partial charge is 0.383 e. The smallest absolute Gasteiger partial charge is 0.131 e. The predicted octanol–water partition coefficient (Wildman–Crippen LogP) is 3.03. The molecule has 0 saturated carbocycles. The van der Waals surface area contributed by atoms with Crippen molar-refractivity contribution in [2.45, 2.75) is 6.92 Å². The molecule has 3 rings (SSSR count). The zero-order valence-electron chi connectivity index (χ0n) is 10.6. The maximum atomic E-state index is 5.93. The molecule has 2 aromatic heterocycles. The molecule has 0 bridgehead atoms. The van der Waals surface area contributed by atoms with E-state index in [1.807, 2.05) is 12.3 Å². The Bertz CT molecular complexity index is 685. The van der Waals surface area contributed by atoms with Gasteiger partial charge in [-0.2, -0.15) is 5.10 Å². The lowest BCUT2D eigenvalue weighted by Crippen LogP contribution is -1.94. The molecule has 0 atom stereocenters. The van der Waals surface area contributed by atoms with Crippen molar-refractivity contribution >= 4 is 5.82 Å². The highest BCUT2D eigenvalue weighted by atomic mass is 15.1. The number of pyridine rings is 1. The van der Waals surface area contributed by atoms with Crippen LogP contribution in [0.15, 0.2) is 48.9 Å². The first-order valence-electron chi connectivity index (χ1n) is 6.06. The summed E-state index contributed by atoms with van der Waals surface area (Å²) in [5.41, 5.74) is 11.2. The first-order chi connectivity index (χ1) is 9.24. The number of aromatic amines is 1. The molecular formula is C15H14N4. The van der Waals surface area contributed by atoms with Gasteiger partial charge in [-0.3, -0.25) is 5.10 Å². The van der Waals surface area contributed by atoms with Crippen LogP contribution >= 0.6 is 0 Å². The van der Waals surface area contributed by atoms with Gasteiger partial charge in [0.1, 0.15) is 5.82 Å². The molecule has 4 nitrogen and oxygen atoms in total. The number of nitrogens with one attached hydrogen (secondary N) is 1. The van der Waals surface area contributed by atoms with Gasteiger partial charge in [-0.25, -0.2) is 4.98 Å². The summed E-state index contributed by atoms with van der Waals surface area (Å²) >= 11 is 0. The SMILES string of the molecule is Cc1ccc(-c2cnc(N)c(-c3cn[nH]c3)c2)cc1. The number of nitrogens with two attached hydrogens (primary N) is 1. The lowest BCUT2D eigenvalue weighted by atomic mass is 10.0. The quantitative estimate of drug-likeness (QED) is 0.734. The van der Waals surface area contributed by atoms with Gasteiger partial charge in [0, 0.05) is 29.1 Å². The molecule has 3 aromatic rings. The third-order valence-corrected chi connectivity index (χ3v) is 3.11. The monoisotopic (exact) mass is 250 g/mol. The first kappa shape index (κ1) is 11.5. The van der Waals surface area contributed by atoms with Crippen LogP contribution in [0.2, 0.25) is 0 Å². The van der Waals surface area contributed by atoms with Crippen LogP contribution in [0, 0.1) is 6.92 Å². The van der Waals surface area contributed by atoms with Crippen LogP contribution in [0.5, 0.6) is 0 Å². The van der Waals surface area contributed by atoms with Gasteiger partial charge >= 0.3 is 0 Å². The molecule has 0 saturated heterocycles. The van der Waals surface area contributed by atoms with Gasteiger partial charge in [-0.15, -0.1) is 0 Å². The van der Waals surface area contributed by atoms with E-state index in [2.05, 4.69) is 46.4 Å². The van der Waals surface area contributed by atoms with Crippen molar-refractivity contribution in [3.8, 4) is 22.3 Å². The van der Waals surface area contributed by atoms with E-state index in [0.29, 0.717) is 5.82 Å². The highest BCUT2D eigenvalue weighted by molar-refractivity contribution is 5.78. The Morgan fingerprint density at radius 2 is 1.79 bits per heavy atom. The number of anilines is 1. The average molecular weight is 250 g/mol. The minimum Gasteiger partial charge on any atom is -0.383 e. The van der Waals surface area contributed by atoms with E-state index in [1.54, 1.807) is 12.4 Å². The van der Waals surface area contributed by atoms with Crippen LogP contribution < -0.4 is 5.73 Å².